The Morgan fingerprint density at radius 2 is 1.48 bits per heavy atom. The quantitative estimate of drug-likeness (QED) is 0.336. The number of likely N-dealkylation sites (N-methyl/N-ethyl adjacent to an activating group) is 1. The summed E-state index contributed by atoms with van der Waals surface area (Å²) in [6.45, 7) is 2.09. The monoisotopic (exact) mass is 359 g/mol. The van der Waals surface area contributed by atoms with Crippen LogP contribution in [0.25, 0.3) is 0 Å². The second kappa shape index (κ2) is 11.6. The predicted molar refractivity (Wildman–Crippen MR) is 95.7 cm³/mol. The van der Waals surface area contributed by atoms with Gasteiger partial charge in [-0.05, 0) is 6.42 Å². The summed E-state index contributed by atoms with van der Waals surface area (Å²) >= 11 is 0. The van der Waals surface area contributed by atoms with Crippen molar-refractivity contribution < 1.29 is 29.4 Å². The number of unbranched alkanes of at least 4 members (excludes halogenated alkanes) is 7. The zero-order valence-corrected chi connectivity index (χ0v) is 16.4. The Morgan fingerprint density at radius 1 is 1.00 bits per heavy atom. The first-order valence-electron chi connectivity index (χ1n) is 9.47. The number of aliphatic hydroxyl groups is 2. The van der Waals surface area contributed by atoms with Crippen molar-refractivity contribution >= 4 is 11.8 Å². The highest BCUT2D eigenvalue weighted by Crippen LogP contribution is 2.20. The Balaban J connectivity index is 4.38. The van der Waals surface area contributed by atoms with Crippen LogP contribution in [0.3, 0.4) is 0 Å². The van der Waals surface area contributed by atoms with Crippen LogP contribution in [0.4, 0.5) is 0 Å². The van der Waals surface area contributed by atoms with Gasteiger partial charge in [0, 0.05) is 12.4 Å². The van der Waals surface area contributed by atoms with Gasteiger partial charge in [0.2, 0.25) is 0 Å². The molecule has 148 valence electrons. The van der Waals surface area contributed by atoms with Crippen LogP contribution in [-0.4, -0.2) is 65.8 Å². The molecule has 0 aliphatic rings. The molecule has 0 saturated heterocycles. The fourth-order valence-corrected chi connectivity index (χ4v) is 3.16. The molecule has 0 rings (SSSR count). The largest absolute Gasteiger partial charge is 0.550 e. The van der Waals surface area contributed by atoms with E-state index in [1.807, 2.05) is 0 Å². The molecule has 0 radical (unpaired) electrons. The number of rotatable bonds is 15. The number of aliphatic hydroxyl groups excluding tert-OH is 1. The van der Waals surface area contributed by atoms with E-state index in [9.17, 15) is 24.9 Å². The lowest BCUT2D eigenvalue weighted by molar-refractivity contribution is -0.875. The van der Waals surface area contributed by atoms with Crippen molar-refractivity contribution in [2.24, 2.45) is 0 Å². The molecule has 2 N–H and O–H groups in total. The summed E-state index contributed by atoms with van der Waals surface area (Å²) in [4.78, 5) is 23.3. The molecule has 0 fully saturated rings. The van der Waals surface area contributed by atoms with Crippen molar-refractivity contribution in [3.8, 4) is 0 Å². The van der Waals surface area contributed by atoms with Gasteiger partial charge in [-0.25, -0.2) is 0 Å². The maximum Gasteiger partial charge on any atom is 0.198 e. The van der Waals surface area contributed by atoms with E-state index in [4.69, 9.17) is 0 Å². The van der Waals surface area contributed by atoms with Gasteiger partial charge in [-0.3, -0.25) is 4.79 Å². The molecule has 0 saturated carbocycles. The molecule has 0 aromatic carbocycles. The molecule has 0 aromatic rings. The molecular weight excluding hydrogens is 322 g/mol. The molecule has 0 heterocycles. The van der Waals surface area contributed by atoms with E-state index < -0.39 is 29.9 Å². The molecule has 6 heteroatoms. The van der Waals surface area contributed by atoms with Crippen LogP contribution in [0.15, 0.2) is 0 Å². The molecule has 0 aliphatic heterocycles. The predicted octanol–water partition coefficient (Wildman–Crippen LogP) is 1.02. The number of carboxylic acid groups (broad SMARTS) is 1. The normalized spacial score (nSPS) is 15.6. The Kier molecular flexibility index (Phi) is 11.1. The van der Waals surface area contributed by atoms with E-state index in [2.05, 4.69) is 6.92 Å². The molecule has 2 unspecified atom stereocenters. The van der Waals surface area contributed by atoms with Crippen LogP contribution in [0.1, 0.15) is 71.1 Å². The smallest absolute Gasteiger partial charge is 0.198 e. The minimum atomic E-state index is -2.10. The molecule has 0 aromatic heterocycles. The molecule has 6 nitrogen and oxygen atoms in total. The lowest BCUT2D eigenvalue weighted by Crippen LogP contribution is -2.58. The highest BCUT2D eigenvalue weighted by atomic mass is 16.4. The van der Waals surface area contributed by atoms with E-state index in [1.165, 1.54) is 25.7 Å². The lowest BCUT2D eigenvalue weighted by Gasteiger charge is -2.35. The van der Waals surface area contributed by atoms with Gasteiger partial charge in [0.05, 0.1) is 21.1 Å². The Labute approximate surface area is 152 Å². The summed E-state index contributed by atoms with van der Waals surface area (Å²) in [5.74, 6) is -2.31. The van der Waals surface area contributed by atoms with Gasteiger partial charge in [-0.2, -0.15) is 0 Å². The van der Waals surface area contributed by atoms with E-state index >= 15 is 0 Å². The van der Waals surface area contributed by atoms with Gasteiger partial charge >= 0.3 is 0 Å². The number of quaternary nitrogens is 1. The maximum absolute atomic E-state index is 12.4. The number of ketones is 1. The number of aliphatic carboxylic acids is 1. The molecular formula is C19H37NO5. The Hall–Kier alpha value is -0.980. The van der Waals surface area contributed by atoms with E-state index in [0.717, 1.165) is 19.3 Å². The van der Waals surface area contributed by atoms with Crippen LogP contribution in [-0.2, 0) is 9.59 Å². The van der Waals surface area contributed by atoms with Crippen molar-refractivity contribution in [1.82, 2.24) is 0 Å². The summed E-state index contributed by atoms with van der Waals surface area (Å²) in [5.41, 5.74) is -2.10. The third-order valence-electron chi connectivity index (χ3n) is 4.27. The summed E-state index contributed by atoms with van der Waals surface area (Å²) < 4.78 is 0.208. The first-order valence-corrected chi connectivity index (χ1v) is 9.47. The highest BCUT2D eigenvalue weighted by Gasteiger charge is 2.43. The van der Waals surface area contributed by atoms with Gasteiger partial charge < -0.3 is 24.6 Å². The first-order chi connectivity index (χ1) is 11.5. The fraction of sp³-hybridized carbons (Fsp3) is 0.895. The van der Waals surface area contributed by atoms with Crippen molar-refractivity contribution in [2.75, 3.05) is 27.7 Å². The fourth-order valence-electron chi connectivity index (χ4n) is 3.16. The first kappa shape index (κ1) is 24.0. The van der Waals surface area contributed by atoms with E-state index in [0.29, 0.717) is 6.42 Å². The average molecular weight is 360 g/mol. The van der Waals surface area contributed by atoms with Crippen LogP contribution in [0.5, 0.6) is 0 Å². The maximum atomic E-state index is 12.4. The zero-order chi connectivity index (χ0) is 19.5. The topological polar surface area (TPSA) is 97.7 Å². The van der Waals surface area contributed by atoms with Crippen molar-refractivity contribution in [3.05, 3.63) is 0 Å². The second-order valence-corrected chi connectivity index (χ2v) is 8.17. The SMILES string of the molecule is CCCCCCCCCCC(O)C(=O)C(O)(CC(=O)[O-])C[N+](C)(C)C. The number of carbonyl (C=O) groups excluding carboxylic acids is 2. The minimum Gasteiger partial charge on any atom is -0.550 e. The van der Waals surface area contributed by atoms with Crippen LogP contribution in [0.2, 0.25) is 0 Å². The van der Waals surface area contributed by atoms with Crippen molar-refractivity contribution in [2.45, 2.75) is 82.8 Å². The highest BCUT2D eigenvalue weighted by molar-refractivity contribution is 5.93. The second-order valence-electron chi connectivity index (χ2n) is 8.17. The summed E-state index contributed by atoms with van der Waals surface area (Å²) in [6.07, 6.45) is 6.88. The number of hydrogen-bond acceptors (Lipinski definition) is 5. The van der Waals surface area contributed by atoms with E-state index in [-0.39, 0.29) is 17.4 Å². The summed E-state index contributed by atoms with van der Waals surface area (Å²) in [7, 11) is 5.25. The van der Waals surface area contributed by atoms with Gasteiger partial charge in [-0.1, -0.05) is 58.3 Å². The Bertz CT molecular complexity index is 405. The lowest BCUT2D eigenvalue weighted by atomic mass is 9.88. The van der Waals surface area contributed by atoms with Crippen molar-refractivity contribution in [3.63, 3.8) is 0 Å². The molecule has 2 atom stereocenters. The van der Waals surface area contributed by atoms with Gasteiger partial charge in [-0.15, -0.1) is 0 Å². The van der Waals surface area contributed by atoms with Gasteiger partial charge in [0.15, 0.2) is 11.4 Å². The average Bonchev–Trinajstić information content (AvgIpc) is 2.46. The number of nitrogens with zero attached hydrogens (tertiary/aromatic N) is 1. The van der Waals surface area contributed by atoms with E-state index in [1.54, 1.807) is 21.1 Å². The standard InChI is InChI=1S/C19H37NO5/c1-5-6-7-8-9-10-11-12-13-16(21)18(24)19(25,14-17(22)23)15-20(2,3)4/h16,21,25H,5-15H2,1-4H3. The van der Waals surface area contributed by atoms with Crippen LogP contribution < -0.4 is 5.11 Å². The van der Waals surface area contributed by atoms with Crippen LogP contribution >= 0.6 is 0 Å². The van der Waals surface area contributed by atoms with Crippen molar-refractivity contribution in [1.29, 1.82) is 0 Å². The number of hydrogen-bond donors (Lipinski definition) is 2. The third kappa shape index (κ3) is 11.3. The number of Topliss-reactive ketones (excluding diaryl/α,β-unsaturated/α-hetero) is 1. The number of carboxylic acids is 1. The minimum absolute atomic E-state index is 0.0890. The molecule has 0 amide bonds. The molecule has 0 aliphatic carbocycles. The van der Waals surface area contributed by atoms with Gasteiger partial charge in [0.25, 0.3) is 0 Å². The molecule has 0 spiro atoms. The molecule has 0 bridgehead atoms. The Morgan fingerprint density at radius 3 is 1.92 bits per heavy atom. The van der Waals surface area contributed by atoms with Crippen LogP contribution in [0, 0.1) is 0 Å². The van der Waals surface area contributed by atoms with Gasteiger partial charge in [0.1, 0.15) is 12.6 Å². The zero-order valence-electron chi connectivity index (χ0n) is 16.4. The summed E-state index contributed by atoms with van der Waals surface area (Å²) in [6, 6.07) is 0. The third-order valence-corrected chi connectivity index (χ3v) is 4.27. The molecule has 25 heavy (non-hydrogen) atoms. The number of carbonyl (C=O) groups is 2. The summed E-state index contributed by atoms with van der Waals surface area (Å²) in [5, 5.41) is 31.6.